The van der Waals surface area contributed by atoms with Crippen molar-refractivity contribution < 1.29 is 17.9 Å². The third kappa shape index (κ3) is 3.76. The molecule has 0 radical (unpaired) electrons. The van der Waals surface area contributed by atoms with E-state index in [1.165, 1.54) is 6.26 Å². The SMILES string of the molecule is CC1CC=Cc2c1c(-c1cc(S(C)(=O)=O)ccc1OCC1COC1)cn(C)c2=O. The first-order chi connectivity index (χ1) is 13.8. The molecule has 154 valence electrons. The Kier molecular flexibility index (Phi) is 5.12. The molecule has 1 unspecified atom stereocenters. The Morgan fingerprint density at radius 3 is 2.66 bits per heavy atom. The van der Waals surface area contributed by atoms with Gasteiger partial charge in [-0.05, 0) is 36.1 Å². The molecule has 1 aliphatic heterocycles. The smallest absolute Gasteiger partial charge is 0.257 e. The van der Waals surface area contributed by atoms with E-state index < -0.39 is 9.84 Å². The highest BCUT2D eigenvalue weighted by Crippen LogP contribution is 2.40. The van der Waals surface area contributed by atoms with Crippen molar-refractivity contribution >= 4 is 15.9 Å². The number of allylic oxidation sites excluding steroid dienone is 1. The first kappa shape index (κ1) is 19.9. The van der Waals surface area contributed by atoms with Gasteiger partial charge in [0.15, 0.2) is 9.84 Å². The van der Waals surface area contributed by atoms with Crippen molar-refractivity contribution in [2.75, 3.05) is 26.1 Å². The Hall–Kier alpha value is -2.38. The molecule has 2 aromatic rings. The van der Waals surface area contributed by atoms with Crippen molar-refractivity contribution in [3.63, 3.8) is 0 Å². The van der Waals surface area contributed by atoms with E-state index in [9.17, 15) is 13.2 Å². The molecule has 1 aromatic carbocycles. The zero-order chi connectivity index (χ0) is 20.8. The van der Waals surface area contributed by atoms with Gasteiger partial charge in [-0.15, -0.1) is 0 Å². The number of hydrogen-bond acceptors (Lipinski definition) is 5. The van der Waals surface area contributed by atoms with E-state index in [0.717, 1.165) is 17.5 Å². The van der Waals surface area contributed by atoms with Gasteiger partial charge in [-0.25, -0.2) is 8.42 Å². The average molecular weight is 416 g/mol. The van der Waals surface area contributed by atoms with Gasteiger partial charge >= 0.3 is 0 Å². The summed E-state index contributed by atoms with van der Waals surface area (Å²) in [4.78, 5) is 12.9. The highest BCUT2D eigenvalue weighted by molar-refractivity contribution is 7.90. The summed E-state index contributed by atoms with van der Waals surface area (Å²) in [5.41, 5.74) is 3.08. The normalized spacial score (nSPS) is 18.9. The van der Waals surface area contributed by atoms with Crippen LogP contribution in [-0.2, 0) is 21.6 Å². The number of rotatable bonds is 5. The van der Waals surface area contributed by atoms with Gasteiger partial charge in [-0.2, -0.15) is 0 Å². The van der Waals surface area contributed by atoms with Crippen molar-refractivity contribution in [3.8, 4) is 16.9 Å². The molecular formula is C22H25NO5S. The van der Waals surface area contributed by atoms with E-state index >= 15 is 0 Å². The molecule has 29 heavy (non-hydrogen) atoms. The highest BCUT2D eigenvalue weighted by Gasteiger charge is 2.25. The van der Waals surface area contributed by atoms with Crippen LogP contribution in [0.4, 0.5) is 0 Å². The molecule has 0 bridgehead atoms. The molecule has 1 atom stereocenters. The highest BCUT2D eigenvalue weighted by atomic mass is 32.2. The molecule has 0 N–H and O–H groups in total. The van der Waals surface area contributed by atoms with Gasteiger partial charge in [0.1, 0.15) is 5.75 Å². The summed E-state index contributed by atoms with van der Waals surface area (Å²) in [5.74, 6) is 1.11. The van der Waals surface area contributed by atoms with Crippen LogP contribution in [0.15, 0.2) is 40.2 Å². The molecule has 6 nitrogen and oxygen atoms in total. The second kappa shape index (κ2) is 7.46. The van der Waals surface area contributed by atoms with Crippen LogP contribution in [0.1, 0.15) is 30.4 Å². The average Bonchev–Trinajstić information content (AvgIpc) is 2.63. The summed E-state index contributed by atoms with van der Waals surface area (Å²) in [7, 11) is -1.67. The predicted octanol–water partition coefficient (Wildman–Crippen LogP) is 3.00. The van der Waals surface area contributed by atoms with E-state index in [1.54, 1.807) is 36.0 Å². The molecule has 0 saturated carbocycles. The van der Waals surface area contributed by atoms with E-state index in [1.807, 2.05) is 12.2 Å². The summed E-state index contributed by atoms with van der Waals surface area (Å²) in [6.07, 6.45) is 7.69. The van der Waals surface area contributed by atoms with E-state index in [2.05, 4.69) is 6.92 Å². The van der Waals surface area contributed by atoms with Crippen LogP contribution >= 0.6 is 0 Å². The van der Waals surface area contributed by atoms with Crippen LogP contribution in [0, 0.1) is 5.92 Å². The van der Waals surface area contributed by atoms with Gasteiger partial charge < -0.3 is 14.0 Å². The van der Waals surface area contributed by atoms with E-state index in [4.69, 9.17) is 9.47 Å². The van der Waals surface area contributed by atoms with Gasteiger partial charge in [0, 0.05) is 42.1 Å². The zero-order valence-corrected chi connectivity index (χ0v) is 17.7. The molecule has 1 saturated heterocycles. The third-order valence-corrected chi connectivity index (χ3v) is 6.68. The fourth-order valence-electron chi connectivity index (χ4n) is 3.85. The molecule has 2 aliphatic rings. The predicted molar refractivity (Wildman–Crippen MR) is 112 cm³/mol. The van der Waals surface area contributed by atoms with Gasteiger partial charge in [-0.3, -0.25) is 4.79 Å². The summed E-state index contributed by atoms with van der Waals surface area (Å²) in [6, 6.07) is 4.95. The Balaban J connectivity index is 1.91. The summed E-state index contributed by atoms with van der Waals surface area (Å²) >= 11 is 0. The Bertz CT molecular complexity index is 1140. The lowest BCUT2D eigenvalue weighted by molar-refractivity contribution is -0.0507. The fraction of sp³-hybridized carbons (Fsp3) is 0.409. The standard InChI is InChI=1S/C22H25NO5S/c1-14-5-4-6-17-21(14)19(10-23(2)22(17)24)18-9-16(29(3,25)26)7-8-20(18)28-13-15-11-27-12-15/h4,6-10,14-15H,5,11-13H2,1-3H3. The number of nitrogens with zero attached hydrogens (tertiary/aromatic N) is 1. The second-order valence-electron chi connectivity index (χ2n) is 7.97. The van der Waals surface area contributed by atoms with Crippen molar-refractivity contribution in [1.29, 1.82) is 0 Å². The topological polar surface area (TPSA) is 74.6 Å². The third-order valence-electron chi connectivity index (χ3n) is 5.57. The van der Waals surface area contributed by atoms with Gasteiger partial charge in [-0.1, -0.05) is 19.1 Å². The maximum atomic E-state index is 12.7. The Morgan fingerprint density at radius 1 is 1.24 bits per heavy atom. The monoisotopic (exact) mass is 415 g/mol. The molecule has 1 aliphatic carbocycles. The molecule has 4 rings (SSSR count). The van der Waals surface area contributed by atoms with Gasteiger partial charge in [0.2, 0.25) is 0 Å². The lowest BCUT2D eigenvalue weighted by Gasteiger charge is -2.27. The summed E-state index contributed by atoms with van der Waals surface area (Å²) in [5, 5.41) is 0. The van der Waals surface area contributed by atoms with Crippen molar-refractivity contribution in [3.05, 3.63) is 52.0 Å². The van der Waals surface area contributed by atoms with Crippen LogP contribution in [0.3, 0.4) is 0 Å². The number of ether oxygens (including phenoxy) is 2. The Labute approximate surface area is 170 Å². The largest absolute Gasteiger partial charge is 0.492 e. The van der Waals surface area contributed by atoms with Crippen LogP contribution < -0.4 is 10.3 Å². The molecule has 1 aromatic heterocycles. The number of aryl methyl sites for hydroxylation is 1. The lowest BCUT2D eigenvalue weighted by Crippen LogP contribution is -2.32. The number of benzene rings is 1. The summed E-state index contributed by atoms with van der Waals surface area (Å²) in [6.45, 7) is 3.94. The molecule has 1 fully saturated rings. The quantitative estimate of drug-likeness (QED) is 0.751. The van der Waals surface area contributed by atoms with Crippen molar-refractivity contribution in [1.82, 2.24) is 4.57 Å². The second-order valence-corrected chi connectivity index (χ2v) is 9.99. The van der Waals surface area contributed by atoms with Crippen LogP contribution in [0.2, 0.25) is 0 Å². The maximum Gasteiger partial charge on any atom is 0.257 e. The van der Waals surface area contributed by atoms with Crippen LogP contribution in [0.5, 0.6) is 5.75 Å². The maximum absolute atomic E-state index is 12.7. The van der Waals surface area contributed by atoms with Crippen LogP contribution in [-0.4, -0.2) is 39.1 Å². The number of sulfone groups is 1. The molecule has 0 spiro atoms. The number of pyridine rings is 1. The van der Waals surface area contributed by atoms with E-state index in [-0.39, 0.29) is 16.4 Å². The molecule has 2 heterocycles. The minimum atomic E-state index is -3.39. The first-order valence-electron chi connectivity index (χ1n) is 9.70. The van der Waals surface area contributed by atoms with Crippen molar-refractivity contribution in [2.24, 2.45) is 13.0 Å². The van der Waals surface area contributed by atoms with Gasteiger partial charge in [0.05, 0.1) is 24.7 Å². The van der Waals surface area contributed by atoms with Crippen LogP contribution in [0.25, 0.3) is 17.2 Å². The number of aromatic nitrogens is 1. The number of fused-ring (bicyclic) bond motifs is 1. The minimum Gasteiger partial charge on any atom is -0.492 e. The van der Waals surface area contributed by atoms with E-state index in [0.29, 0.717) is 42.6 Å². The fourth-order valence-corrected chi connectivity index (χ4v) is 4.50. The van der Waals surface area contributed by atoms with Gasteiger partial charge in [0.25, 0.3) is 5.56 Å². The van der Waals surface area contributed by atoms with Crippen molar-refractivity contribution in [2.45, 2.75) is 24.2 Å². The Morgan fingerprint density at radius 2 is 2.00 bits per heavy atom. The first-order valence-corrected chi connectivity index (χ1v) is 11.6. The zero-order valence-electron chi connectivity index (χ0n) is 16.8. The molecular weight excluding hydrogens is 390 g/mol. The lowest BCUT2D eigenvalue weighted by atomic mass is 9.84. The minimum absolute atomic E-state index is 0.0556. The number of hydrogen-bond donors (Lipinski definition) is 0. The molecule has 0 amide bonds. The summed E-state index contributed by atoms with van der Waals surface area (Å²) < 4.78 is 37.2. The molecule has 7 heteroatoms.